The molecule has 0 saturated carbocycles. The molecule has 1 heterocycles. The van der Waals surface area contributed by atoms with Crippen LogP contribution in [0.5, 0.6) is 0 Å². The van der Waals surface area contributed by atoms with Crippen LogP contribution in [0.25, 0.3) is 22.3 Å². The van der Waals surface area contributed by atoms with Crippen molar-refractivity contribution in [2.45, 2.75) is 13.5 Å². The van der Waals surface area contributed by atoms with Crippen LogP contribution in [0.1, 0.15) is 11.1 Å². The van der Waals surface area contributed by atoms with Crippen LogP contribution in [-0.2, 0) is 6.54 Å². The predicted octanol–water partition coefficient (Wildman–Crippen LogP) is 5.18. The smallest absolute Gasteiger partial charge is 0.261 e. The van der Waals surface area contributed by atoms with Crippen LogP contribution in [0, 0.1) is 6.92 Å². The maximum absolute atomic E-state index is 13.2. The van der Waals surface area contributed by atoms with Crippen molar-refractivity contribution < 1.29 is 0 Å². The summed E-state index contributed by atoms with van der Waals surface area (Å²) in [4.78, 5) is 18.0. The minimum absolute atomic E-state index is 0.0221. The number of aryl methyl sites for hydroxylation is 1. The first-order chi connectivity index (χ1) is 12.6. The summed E-state index contributed by atoms with van der Waals surface area (Å²) in [6.45, 7) is 2.52. The number of para-hydroxylation sites is 1. The first kappa shape index (κ1) is 16.7. The van der Waals surface area contributed by atoms with E-state index in [1.54, 1.807) is 4.57 Å². The second-order valence-electron chi connectivity index (χ2n) is 6.34. The Balaban J connectivity index is 1.96. The molecule has 0 aliphatic carbocycles. The fourth-order valence-corrected chi connectivity index (χ4v) is 3.50. The number of nitrogens with zero attached hydrogens (tertiary/aromatic N) is 2. The molecule has 0 amide bonds. The van der Waals surface area contributed by atoms with Crippen molar-refractivity contribution in [1.82, 2.24) is 9.55 Å². The zero-order valence-corrected chi connectivity index (χ0v) is 15.9. The highest BCUT2D eigenvalue weighted by Gasteiger charge is 2.13. The van der Waals surface area contributed by atoms with E-state index in [0.717, 1.165) is 21.1 Å². The summed E-state index contributed by atoms with van der Waals surface area (Å²) in [5, 5.41) is 0.637. The lowest BCUT2D eigenvalue weighted by Crippen LogP contribution is -2.24. The van der Waals surface area contributed by atoms with Crippen LogP contribution >= 0.6 is 15.9 Å². The molecule has 3 nitrogen and oxygen atoms in total. The standard InChI is InChI=1S/C22H17BrN2O/c1-15-9-11-17(12-10-15)21-24-20-8-3-2-7-19(20)22(26)25(21)14-16-5-4-6-18(23)13-16/h2-13H,14H2,1H3. The van der Waals surface area contributed by atoms with E-state index in [-0.39, 0.29) is 5.56 Å². The molecule has 1 aromatic heterocycles. The molecule has 3 aromatic carbocycles. The summed E-state index contributed by atoms with van der Waals surface area (Å²) in [5.74, 6) is 0.689. The number of fused-ring (bicyclic) bond motifs is 1. The van der Waals surface area contributed by atoms with Gasteiger partial charge in [0, 0.05) is 10.0 Å². The highest BCUT2D eigenvalue weighted by atomic mass is 79.9. The molecule has 4 rings (SSSR count). The average molecular weight is 405 g/mol. The number of hydrogen-bond donors (Lipinski definition) is 0. The fourth-order valence-electron chi connectivity index (χ4n) is 3.06. The Bertz CT molecular complexity index is 1150. The van der Waals surface area contributed by atoms with Crippen molar-refractivity contribution >= 4 is 26.8 Å². The molecule has 0 radical (unpaired) electrons. The SMILES string of the molecule is Cc1ccc(-c2nc3ccccc3c(=O)n2Cc2cccc(Br)c2)cc1. The highest BCUT2D eigenvalue weighted by molar-refractivity contribution is 9.10. The molecule has 0 atom stereocenters. The Morgan fingerprint density at radius 2 is 1.73 bits per heavy atom. The largest absolute Gasteiger partial charge is 0.288 e. The molecular formula is C22H17BrN2O. The lowest BCUT2D eigenvalue weighted by atomic mass is 10.1. The van der Waals surface area contributed by atoms with Gasteiger partial charge in [-0.25, -0.2) is 4.98 Å². The zero-order chi connectivity index (χ0) is 18.1. The third-order valence-electron chi connectivity index (χ3n) is 4.40. The maximum Gasteiger partial charge on any atom is 0.261 e. The molecule has 0 unspecified atom stereocenters. The van der Waals surface area contributed by atoms with Crippen molar-refractivity contribution in [3.05, 3.63) is 98.7 Å². The summed E-state index contributed by atoms with van der Waals surface area (Å²) in [5.41, 5.74) is 3.86. The molecule has 26 heavy (non-hydrogen) atoms. The van der Waals surface area contributed by atoms with Gasteiger partial charge in [-0.15, -0.1) is 0 Å². The molecule has 0 aliphatic heterocycles. The molecule has 0 saturated heterocycles. The molecule has 0 aliphatic rings. The molecule has 0 N–H and O–H groups in total. The number of hydrogen-bond acceptors (Lipinski definition) is 2. The van der Waals surface area contributed by atoms with Gasteiger partial charge in [0.2, 0.25) is 0 Å². The lowest BCUT2D eigenvalue weighted by Gasteiger charge is -2.14. The van der Waals surface area contributed by atoms with Gasteiger partial charge in [0.05, 0.1) is 17.4 Å². The van der Waals surface area contributed by atoms with Crippen LogP contribution < -0.4 is 5.56 Å². The van der Waals surface area contributed by atoms with Gasteiger partial charge in [-0.2, -0.15) is 0 Å². The number of halogens is 1. The summed E-state index contributed by atoms with van der Waals surface area (Å²) in [6.07, 6.45) is 0. The summed E-state index contributed by atoms with van der Waals surface area (Å²) >= 11 is 3.50. The predicted molar refractivity (Wildman–Crippen MR) is 109 cm³/mol. The second-order valence-corrected chi connectivity index (χ2v) is 7.26. The second kappa shape index (κ2) is 6.89. The highest BCUT2D eigenvalue weighted by Crippen LogP contribution is 2.21. The van der Waals surface area contributed by atoms with Gasteiger partial charge >= 0.3 is 0 Å². The monoisotopic (exact) mass is 404 g/mol. The van der Waals surface area contributed by atoms with Gasteiger partial charge in [0.1, 0.15) is 5.82 Å². The van der Waals surface area contributed by atoms with Gasteiger partial charge < -0.3 is 0 Å². The summed E-state index contributed by atoms with van der Waals surface area (Å²) in [7, 11) is 0. The number of rotatable bonds is 3. The van der Waals surface area contributed by atoms with Crippen LogP contribution in [0.2, 0.25) is 0 Å². The quantitative estimate of drug-likeness (QED) is 0.471. The van der Waals surface area contributed by atoms with Crippen LogP contribution in [0.4, 0.5) is 0 Å². The lowest BCUT2D eigenvalue weighted by molar-refractivity contribution is 0.759. The van der Waals surface area contributed by atoms with E-state index >= 15 is 0 Å². The Kier molecular flexibility index (Phi) is 4.43. The average Bonchev–Trinajstić information content (AvgIpc) is 2.65. The third-order valence-corrected chi connectivity index (χ3v) is 4.89. The normalized spacial score (nSPS) is 11.0. The Morgan fingerprint density at radius 1 is 0.962 bits per heavy atom. The summed E-state index contributed by atoms with van der Waals surface area (Å²) in [6, 6.07) is 23.6. The van der Waals surface area contributed by atoms with Crippen molar-refractivity contribution in [2.24, 2.45) is 0 Å². The molecular weight excluding hydrogens is 388 g/mol. The van der Waals surface area contributed by atoms with Gasteiger partial charge in [0.25, 0.3) is 5.56 Å². The first-order valence-electron chi connectivity index (χ1n) is 8.43. The maximum atomic E-state index is 13.2. The van der Waals surface area contributed by atoms with E-state index in [4.69, 9.17) is 4.98 Å². The van der Waals surface area contributed by atoms with Crippen molar-refractivity contribution in [1.29, 1.82) is 0 Å². The van der Waals surface area contributed by atoms with Crippen molar-refractivity contribution in [3.8, 4) is 11.4 Å². The van der Waals surface area contributed by atoms with E-state index in [0.29, 0.717) is 17.8 Å². The molecule has 4 aromatic rings. The van der Waals surface area contributed by atoms with Crippen LogP contribution in [0.3, 0.4) is 0 Å². The van der Waals surface area contributed by atoms with Gasteiger partial charge in [-0.1, -0.05) is 70.0 Å². The third kappa shape index (κ3) is 3.20. The molecule has 128 valence electrons. The number of aromatic nitrogens is 2. The van der Waals surface area contributed by atoms with Gasteiger partial charge in [-0.3, -0.25) is 9.36 Å². The van der Waals surface area contributed by atoms with Crippen LogP contribution in [0.15, 0.2) is 82.1 Å². The van der Waals surface area contributed by atoms with E-state index in [1.165, 1.54) is 5.56 Å². The minimum atomic E-state index is -0.0221. The molecule has 0 spiro atoms. The molecule has 4 heteroatoms. The Labute approximate surface area is 160 Å². The summed E-state index contributed by atoms with van der Waals surface area (Å²) < 4.78 is 2.75. The Hall–Kier alpha value is -2.72. The molecule has 0 fully saturated rings. The topological polar surface area (TPSA) is 34.9 Å². The van der Waals surface area contributed by atoms with E-state index in [2.05, 4.69) is 15.9 Å². The molecule has 0 bridgehead atoms. The van der Waals surface area contributed by atoms with E-state index in [9.17, 15) is 4.79 Å². The first-order valence-corrected chi connectivity index (χ1v) is 9.22. The Morgan fingerprint density at radius 3 is 2.50 bits per heavy atom. The number of benzene rings is 3. The minimum Gasteiger partial charge on any atom is -0.288 e. The van der Waals surface area contributed by atoms with Crippen molar-refractivity contribution in [3.63, 3.8) is 0 Å². The van der Waals surface area contributed by atoms with E-state index < -0.39 is 0 Å². The van der Waals surface area contributed by atoms with Crippen molar-refractivity contribution in [2.75, 3.05) is 0 Å². The van der Waals surface area contributed by atoms with Gasteiger partial charge in [-0.05, 0) is 36.8 Å². The zero-order valence-electron chi connectivity index (χ0n) is 14.3. The fraction of sp³-hybridized carbons (Fsp3) is 0.0909. The van der Waals surface area contributed by atoms with Crippen LogP contribution in [-0.4, -0.2) is 9.55 Å². The van der Waals surface area contributed by atoms with Gasteiger partial charge in [0.15, 0.2) is 0 Å². The van der Waals surface area contributed by atoms with E-state index in [1.807, 2.05) is 79.7 Å².